The summed E-state index contributed by atoms with van der Waals surface area (Å²) in [6.07, 6.45) is 2.91. The van der Waals surface area contributed by atoms with E-state index in [-0.39, 0.29) is 11.9 Å². The molecule has 27 heavy (non-hydrogen) atoms. The predicted molar refractivity (Wildman–Crippen MR) is 107 cm³/mol. The van der Waals surface area contributed by atoms with Crippen molar-refractivity contribution in [3.05, 3.63) is 60.2 Å². The SMILES string of the molecule is COc1ccc(OC2CCN(S(=O)(=O)CCCc3ccccc3)CC2)cc1. The second-order valence-electron chi connectivity index (χ2n) is 6.80. The molecule has 1 saturated heterocycles. The lowest BCUT2D eigenvalue weighted by Gasteiger charge is -2.31. The number of sulfonamides is 1. The van der Waals surface area contributed by atoms with Crippen LogP contribution in [0.2, 0.25) is 0 Å². The molecule has 0 amide bonds. The smallest absolute Gasteiger partial charge is 0.214 e. The fourth-order valence-electron chi connectivity index (χ4n) is 3.31. The Kier molecular flexibility index (Phi) is 6.74. The summed E-state index contributed by atoms with van der Waals surface area (Å²) in [6, 6.07) is 17.5. The van der Waals surface area contributed by atoms with Gasteiger partial charge in [0.25, 0.3) is 0 Å². The van der Waals surface area contributed by atoms with Gasteiger partial charge in [0.1, 0.15) is 17.6 Å². The average Bonchev–Trinajstić information content (AvgIpc) is 2.70. The van der Waals surface area contributed by atoms with Crippen molar-refractivity contribution in [2.45, 2.75) is 31.8 Å². The molecule has 0 radical (unpaired) electrons. The minimum atomic E-state index is -3.20. The molecular formula is C21H27NO4S. The number of benzene rings is 2. The summed E-state index contributed by atoms with van der Waals surface area (Å²) in [5, 5.41) is 0. The third-order valence-electron chi connectivity index (χ3n) is 4.87. The van der Waals surface area contributed by atoms with Crippen LogP contribution in [0.3, 0.4) is 0 Å². The highest BCUT2D eigenvalue weighted by molar-refractivity contribution is 7.89. The number of methoxy groups -OCH3 is 1. The van der Waals surface area contributed by atoms with Crippen molar-refractivity contribution in [2.24, 2.45) is 0 Å². The van der Waals surface area contributed by atoms with E-state index in [0.29, 0.717) is 32.4 Å². The van der Waals surface area contributed by atoms with Crippen molar-refractivity contribution in [3.63, 3.8) is 0 Å². The quantitative estimate of drug-likeness (QED) is 0.693. The molecule has 0 spiro atoms. The maximum Gasteiger partial charge on any atom is 0.214 e. The molecule has 0 unspecified atom stereocenters. The Labute approximate surface area is 162 Å². The van der Waals surface area contributed by atoms with Gasteiger partial charge < -0.3 is 9.47 Å². The molecule has 0 aliphatic carbocycles. The van der Waals surface area contributed by atoms with Crippen LogP contribution in [-0.2, 0) is 16.4 Å². The molecule has 2 aromatic rings. The fraction of sp³-hybridized carbons (Fsp3) is 0.429. The molecule has 0 bridgehead atoms. The number of rotatable bonds is 8. The Balaban J connectivity index is 1.44. The number of piperidine rings is 1. The Bertz CT molecular complexity index is 798. The fourth-order valence-corrected chi connectivity index (χ4v) is 4.84. The van der Waals surface area contributed by atoms with Crippen molar-refractivity contribution in [2.75, 3.05) is 26.0 Å². The van der Waals surface area contributed by atoms with Crippen molar-refractivity contribution < 1.29 is 17.9 Å². The maximum absolute atomic E-state index is 12.6. The van der Waals surface area contributed by atoms with Crippen LogP contribution < -0.4 is 9.47 Å². The number of nitrogens with zero attached hydrogens (tertiary/aromatic N) is 1. The van der Waals surface area contributed by atoms with Gasteiger partial charge in [0.05, 0.1) is 12.9 Å². The summed E-state index contributed by atoms with van der Waals surface area (Å²) in [5.74, 6) is 1.78. The lowest BCUT2D eigenvalue weighted by molar-refractivity contribution is 0.135. The van der Waals surface area contributed by atoms with Crippen LogP contribution in [-0.4, -0.2) is 44.8 Å². The summed E-state index contributed by atoms with van der Waals surface area (Å²) in [5.41, 5.74) is 1.18. The van der Waals surface area contributed by atoms with Crippen LogP contribution in [0.1, 0.15) is 24.8 Å². The maximum atomic E-state index is 12.6. The zero-order valence-electron chi connectivity index (χ0n) is 15.7. The van der Waals surface area contributed by atoms with E-state index in [1.807, 2.05) is 54.6 Å². The molecule has 0 aromatic heterocycles. The van der Waals surface area contributed by atoms with Crippen LogP contribution >= 0.6 is 0 Å². The van der Waals surface area contributed by atoms with Gasteiger partial charge in [0.2, 0.25) is 10.0 Å². The van der Waals surface area contributed by atoms with Gasteiger partial charge >= 0.3 is 0 Å². The molecule has 0 N–H and O–H groups in total. The molecule has 0 atom stereocenters. The molecule has 1 aliphatic rings. The average molecular weight is 390 g/mol. The van der Waals surface area contributed by atoms with Crippen LogP contribution in [0.25, 0.3) is 0 Å². The Morgan fingerprint density at radius 1 is 0.963 bits per heavy atom. The van der Waals surface area contributed by atoms with Crippen molar-refractivity contribution in [1.29, 1.82) is 0 Å². The Morgan fingerprint density at radius 3 is 2.22 bits per heavy atom. The van der Waals surface area contributed by atoms with E-state index < -0.39 is 10.0 Å². The predicted octanol–water partition coefficient (Wildman–Crippen LogP) is 3.50. The topological polar surface area (TPSA) is 55.8 Å². The van der Waals surface area contributed by atoms with Crippen LogP contribution in [0.15, 0.2) is 54.6 Å². The summed E-state index contributed by atoms with van der Waals surface area (Å²) >= 11 is 0. The first-order valence-corrected chi connectivity index (χ1v) is 11.0. The van der Waals surface area contributed by atoms with E-state index in [2.05, 4.69) is 0 Å². The second kappa shape index (κ2) is 9.24. The van der Waals surface area contributed by atoms with Gasteiger partial charge in [-0.25, -0.2) is 12.7 Å². The van der Waals surface area contributed by atoms with Crippen LogP contribution in [0.4, 0.5) is 0 Å². The summed E-state index contributed by atoms with van der Waals surface area (Å²) in [4.78, 5) is 0. The van der Waals surface area contributed by atoms with Gasteiger partial charge in [-0.05, 0) is 55.5 Å². The van der Waals surface area contributed by atoms with Crippen LogP contribution in [0.5, 0.6) is 11.5 Å². The molecule has 6 heteroatoms. The standard InChI is InChI=1S/C21H27NO4S/c1-25-19-9-11-20(12-10-19)26-21-13-15-22(16-14-21)27(23,24)17-5-8-18-6-3-2-4-7-18/h2-4,6-7,9-12,21H,5,8,13-17H2,1H3. The third-order valence-corrected chi connectivity index (χ3v) is 6.82. The summed E-state index contributed by atoms with van der Waals surface area (Å²) < 4.78 is 37.9. The molecular weight excluding hydrogens is 362 g/mol. The molecule has 5 nitrogen and oxygen atoms in total. The first-order chi connectivity index (χ1) is 13.1. The molecule has 0 saturated carbocycles. The zero-order chi connectivity index (χ0) is 19.1. The van der Waals surface area contributed by atoms with E-state index in [4.69, 9.17) is 9.47 Å². The van der Waals surface area contributed by atoms with Gasteiger partial charge in [-0.2, -0.15) is 0 Å². The lowest BCUT2D eigenvalue weighted by Crippen LogP contribution is -2.42. The van der Waals surface area contributed by atoms with E-state index in [1.54, 1.807) is 11.4 Å². The monoisotopic (exact) mass is 389 g/mol. The number of aryl methyl sites for hydroxylation is 1. The molecule has 146 valence electrons. The largest absolute Gasteiger partial charge is 0.497 e. The minimum absolute atomic E-state index is 0.0502. The van der Waals surface area contributed by atoms with Crippen molar-refractivity contribution in [1.82, 2.24) is 4.31 Å². The van der Waals surface area contributed by atoms with E-state index in [9.17, 15) is 8.42 Å². The number of ether oxygens (including phenoxy) is 2. The third kappa shape index (κ3) is 5.71. The van der Waals surface area contributed by atoms with E-state index in [0.717, 1.165) is 17.9 Å². The van der Waals surface area contributed by atoms with E-state index in [1.165, 1.54) is 5.56 Å². The highest BCUT2D eigenvalue weighted by atomic mass is 32.2. The van der Waals surface area contributed by atoms with Gasteiger partial charge in [0, 0.05) is 13.1 Å². The first kappa shape index (κ1) is 19.7. The van der Waals surface area contributed by atoms with Gasteiger partial charge in [0.15, 0.2) is 0 Å². The minimum Gasteiger partial charge on any atom is -0.497 e. The van der Waals surface area contributed by atoms with Gasteiger partial charge in [-0.1, -0.05) is 30.3 Å². The lowest BCUT2D eigenvalue weighted by atomic mass is 10.1. The number of hydrogen-bond donors (Lipinski definition) is 0. The van der Waals surface area contributed by atoms with Crippen molar-refractivity contribution >= 4 is 10.0 Å². The zero-order valence-corrected chi connectivity index (χ0v) is 16.5. The Morgan fingerprint density at radius 2 is 1.59 bits per heavy atom. The molecule has 1 aliphatic heterocycles. The highest BCUT2D eigenvalue weighted by Gasteiger charge is 2.28. The van der Waals surface area contributed by atoms with Crippen molar-refractivity contribution in [3.8, 4) is 11.5 Å². The Hall–Kier alpha value is -2.05. The molecule has 1 fully saturated rings. The summed E-state index contributed by atoms with van der Waals surface area (Å²) in [6.45, 7) is 1.04. The van der Waals surface area contributed by atoms with Gasteiger partial charge in [-0.15, -0.1) is 0 Å². The first-order valence-electron chi connectivity index (χ1n) is 9.39. The highest BCUT2D eigenvalue weighted by Crippen LogP contribution is 2.23. The van der Waals surface area contributed by atoms with Gasteiger partial charge in [-0.3, -0.25) is 0 Å². The van der Waals surface area contributed by atoms with Crippen LogP contribution in [0, 0.1) is 0 Å². The number of hydrogen-bond acceptors (Lipinski definition) is 4. The summed E-state index contributed by atoms with van der Waals surface area (Å²) in [7, 11) is -1.57. The molecule has 1 heterocycles. The van der Waals surface area contributed by atoms with E-state index >= 15 is 0 Å². The molecule has 3 rings (SSSR count). The second-order valence-corrected chi connectivity index (χ2v) is 8.89. The molecule has 2 aromatic carbocycles. The normalized spacial score (nSPS) is 16.2.